The number of carbonyl (C=O) groups is 3. The van der Waals surface area contributed by atoms with Gasteiger partial charge in [-0.2, -0.15) is 0 Å². The standard InChI is InChI=1S/C37H48N6O5S2/c1-24(2)33(42-36(45)43(5)20-29-22-49-34(40-29)25(3)4)35(44)48-32(18-28(38)16-26-12-8-6-9-13-26)31(17-27-14-10-7-11-15-27)41-37(46)47-21-30-19-39-23-50-30/h6-15,19,22-25,28,31-33H,16-18,20-21,38H2,1-5H3,(H,41,46)(H,42,45)/t28-,31-,32-,33?/m0/s1. The molecule has 2 aromatic carbocycles. The first-order valence-corrected chi connectivity index (χ1v) is 18.5. The summed E-state index contributed by atoms with van der Waals surface area (Å²) >= 11 is 2.94. The van der Waals surface area contributed by atoms with Crippen LogP contribution in [0, 0.1) is 5.92 Å². The van der Waals surface area contributed by atoms with E-state index in [1.54, 1.807) is 30.1 Å². The van der Waals surface area contributed by atoms with Crippen molar-refractivity contribution >= 4 is 40.8 Å². The van der Waals surface area contributed by atoms with Crippen molar-refractivity contribution in [3.05, 3.63) is 104 Å². The molecule has 4 rings (SSSR count). The number of carbonyl (C=O) groups excluding carboxylic acids is 3. The van der Waals surface area contributed by atoms with Gasteiger partial charge in [0.2, 0.25) is 0 Å². The van der Waals surface area contributed by atoms with Crippen LogP contribution < -0.4 is 16.4 Å². The second kappa shape index (κ2) is 19.2. The SMILES string of the molecule is CC(C)c1nc(CN(C)C(=O)NC(C(=O)O[C@@H](C[C@@H](N)Cc2ccccc2)[C@H](Cc2ccccc2)NC(=O)OCc2cncs2)C(C)C)cs1. The molecule has 2 aromatic heterocycles. The van der Waals surface area contributed by atoms with Crippen LogP contribution in [0.25, 0.3) is 0 Å². The third-order valence-electron chi connectivity index (χ3n) is 8.03. The topological polar surface area (TPSA) is 149 Å². The minimum atomic E-state index is -0.963. The van der Waals surface area contributed by atoms with Gasteiger partial charge in [-0.15, -0.1) is 22.7 Å². The van der Waals surface area contributed by atoms with E-state index in [4.69, 9.17) is 15.2 Å². The molecule has 1 unspecified atom stereocenters. The number of nitrogens with two attached hydrogens (primary N) is 1. The molecule has 0 aliphatic carbocycles. The van der Waals surface area contributed by atoms with Crippen molar-refractivity contribution in [3.63, 3.8) is 0 Å². The predicted molar refractivity (Wildman–Crippen MR) is 197 cm³/mol. The molecule has 0 saturated heterocycles. The van der Waals surface area contributed by atoms with Crippen molar-refractivity contribution in [2.45, 2.75) is 90.3 Å². The van der Waals surface area contributed by atoms with Gasteiger partial charge in [0.1, 0.15) is 18.8 Å². The molecule has 4 N–H and O–H groups in total. The van der Waals surface area contributed by atoms with Crippen molar-refractivity contribution in [2.75, 3.05) is 7.05 Å². The number of hydrogen-bond donors (Lipinski definition) is 3. The van der Waals surface area contributed by atoms with Crippen LogP contribution in [0.5, 0.6) is 0 Å². The van der Waals surface area contributed by atoms with E-state index in [-0.39, 0.29) is 18.9 Å². The van der Waals surface area contributed by atoms with Crippen LogP contribution in [-0.4, -0.2) is 64.2 Å². The minimum absolute atomic E-state index is 0.0567. The third-order valence-corrected chi connectivity index (χ3v) is 9.98. The number of urea groups is 1. The summed E-state index contributed by atoms with van der Waals surface area (Å²) < 4.78 is 11.8. The first-order valence-electron chi connectivity index (χ1n) is 16.8. The van der Waals surface area contributed by atoms with E-state index in [9.17, 15) is 14.4 Å². The number of nitrogens with zero attached hydrogens (tertiary/aromatic N) is 3. The normalized spacial score (nSPS) is 13.7. The van der Waals surface area contributed by atoms with E-state index in [0.717, 1.165) is 26.7 Å². The summed E-state index contributed by atoms with van der Waals surface area (Å²) in [6.45, 7) is 8.18. The molecule has 0 fully saturated rings. The number of alkyl carbamates (subject to hydrolysis) is 1. The molecule has 4 aromatic rings. The second-order valence-electron chi connectivity index (χ2n) is 13.0. The molecule has 2 heterocycles. The van der Waals surface area contributed by atoms with Crippen LogP contribution in [0.2, 0.25) is 0 Å². The highest BCUT2D eigenvalue weighted by Gasteiger charge is 2.34. The number of ether oxygens (including phenoxy) is 2. The number of benzene rings is 2. The van der Waals surface area contributed by atoms with Crippen molar-refractivity contribution in [3.8, 4) is 0 Å². The molecule has 50 heavy (non-hydrogen) atoms. The summed E-state index contributed by atoms with van der Waals surface area (Å²) in [4.78, 5) is 51.5. The maximum Gasteiger partial charge on any atom is 0.407 e. The average molecular weight is 721 g/mol. The summed E-state index contributed by atoms with van der Waals surface area (Å²) in [5, 5.41) is 8.77. The molecule has 4 atom stereocenters. The summed E-state index contributed by atoms with van der Waals surface area (Å²) in [6.07, 6.45) is 1.26. The lowest BCUT2D eigenvalue weighted by Gasteiger charge is -2.32. The van der Waals surface area contributed by atoms with Gasteiger partial charge in [0, 0.05) is 37.0 Å². The first kappa shape index (κ1) is 38.5. The summed E-state index contributed by atoms with van der Waals surface area (Å²) in [5.74, 6) is -0.621. The van der Waals surface area contributed by atoms with Gasteiger partial charge < -0.3 is 30.7 Å². The van der Waals surface area contributed by atoms with Gasteiger partial charge in [0.25, 0.3) is 0 Å². The van der Waals surface area contributed by atoms with Gasteiger partial charge in [-0.25, -0.2) is 19.4 Å². The van der Waals surface area contributed by atoms with Gasteiger partial charge in [-0.05, 0) is 29.9 Å². The Kier molecular flexibility index (Phi) is 14.7. The molecular weight excluding hydrogens is 673 g/mol. The maximum absolute atomic E-state index is 14.0. The molecule has 0 spiro atoms. The van der Waals surface area contributed by atoms with Crippen molar-refractivity contribution < 1.29 is 23.9 Å². The van der Waals surface area contributed by atoms with E-state index in [1.165, 1.54) is 16.2 Å². The predicted octanol–water partition coefficient (Wildman–Crippen LogP) is 6.30. The van der Waals surface area contributed by atoms with Gasteiger partial charge in [0.15, 0.2) is 0 Å². The van der Waals surface area contributed by atoms with E-state index >= 15 is 0 Å². The average Bonchev–Trinajstić information content (AvgIpc) is 3.79. The van der Waals surface area contributed by atoms with Crippen LogP contribution in [0.1, 0.15) is 66.7 Å². The third kappa shape index (κ3) is 12.2. The van der Waals surface area contributed by atoms with Gasteiger partial charge in [-0.1, -0.05) is 88.4 Å². The molecule has 0 bridgehead atoms. The van der Waals surface area contributed by atoms with Gasteiger partial charge in [0.05, 0.1) is 33.7 Å². The molecule has 11 nitrogen and oxygen atoms in total. The Hall–Kier alpha value is -4.33. The van der Waals surface area contributed by atoms with Crippen molar-refractivity contribution in [1.29, 1.82) is 0 Å². The Labute approximate surface area is 302 Å². The number of thiazole rings is 2. The fourth-order valence-corrected chi connectivity index (χ4v) is 6.65. The van der Waals surface area contributed by atoms with Crippen molar-refractivity contribution in [2.24, 2.45) is 11.7 Å². The number of hydrogen-bond acceptors (Lipinski definition) is 10. The molecule has 268 valence electrons. The largest absolute Gasteiger partial charge is 0.459 e. The smallest absolute Gasteiger partial charge is 0.407 e. The Morgan fingerprint density at radius 3 is 2.16 bits per heavy atom. The van der Waals surface area contributed by atoms with Crippen LogP contribution >= 0.6 is 22.7 Å². The van der Waals surface area contributed by atoms with E-state index in [2.05, 4.69) is 34.4 Å². The highest BCUT2D eigenvalue weighted by molar-refractivity contribution is 7.09. The van der Waals surface area contributed by atoms with Crippen molar-refractivity contribution in [1.82, 2.24) is 25.5 Å². The summed E-state index contributed by atoms with van der Waals surface area (Å²) in [6, 6.07) is 16.9. The molecule has 13 heteroatoms. The highest BCUT2D eigenvalue weighted by Crippen LogP contribution is 2.21. The number of nitrogens with one attached hydrogen (secondary N) is 2. The van der Waals surface area contributed by atoms with Crippen LogP contribution in [0.3, 0.4) is 0 Å². The lowest BCUT2D eigenvalue weighted by atomic mass is 9.93. The quantitative estimate of drug-likeness (QED) is 0.108. The molecule has 0 aliphatic rings. The Bertz CT molecular complexity index is 1620. The Morgan fingerprint density at radius 1 is 0.920 bits per heavy atom. The van der Waals surface area contributed by atoms with Crippen LogP contribution in [0.4, 0.5) is 9.59 Å². The monoisotopic (exact) mass is 720 g/mol. The van der Waals surface area contributed by atoms with E-state index in [0.29, 0.717) is 25.3 Å². The molecular formula is C37H48N6O5S2. The highest BCUT2D eigenvalue weighted by atomic mass is 32.1. The lowest BCUT2D eigenvalue weighted by Crippen LogP contribution is -2.53. The molecule has 0 saturated carbocycles. The zero-order valence-electron chi connectivity index (χ0n) is 29.3. The number of esters is 1. The number of amides is 3. The second-order valence-corrected chi connectivity index (χ2v) is 14.9. The zero-order valence-corrected chi connectivity index (χ0v) is 30.9. The van der Waals surface area contributed by atoms with Gasteiger partial charge in [-0.3, -0.25) is 4.98 Å². The number of rotatable bonds is 17. The molecule has 3 amide bonds. The van der Waals surface area contributed by atoms with Gasteiger partial charge >= 0.3 is 18.1 Å². The summed E-state index contributed by atoms with van der Waals surface area (Å²) in [7, 11) is 1.66. The Balaban J connectivity index is 1.54. The summed E-state index contributed by atoms with van der Waals surface area (Å²) in [5.41, 5.74) is 11.1. The molecule has 0 radical (unpaired) electrons. The number of aromatic nitrogens is 2. The van der Waals surface area contributed by atoms with E-state index < -0.39 is 42.3 Å². The maximum atomic E-state index is 14.0. The van der Waals surface area contributed by atoms with Crippen LogP contribution in [0.15, 0.2) is 77.8 Å². The zero-order chi connectivity index (χ0) is 36.0. The lowest BCUT2D eigenvalue weighted by molar-refractivity contribution is -0.154. The Morgan fingerprint density at radius 2 is 1.58 bits per heavy atom. The van der Waals surface area contributed by atoms with Crippen LogP contribution in [-0.2, 0) is 40.3 Å². The minimum Gasteiger partial charge on any atom is -0.459 e. The fourth-order valence-electron chi connectivity index (χ4n) is 5.32. The first-order chi connectivity index (χ1) is 24.0. The molecule has 0 aliphatic heterocycles. The fraction of sp³-hybridized carbons (Fsp3) is 0.432. The van der Waals surface area contributed by atoms with E-state index in [1.807, 2.05) is 79.9 Å².